The van der Waals surface area contributed by atoms with Gasteiger partial charge < -0.3 is 15.2 Å². The van der Waals surface area contributed by atoms with Crippen molar-refractivity contribution in [3.05, 3.63) is 18.7 Å². The van der Waals surface area contributed by atoms with Gasteiger partial charge in [-0.2, -0.15) is 0 Å². The fourth-order valence-electron chi connectivity index (χ4n) is 2.29. The van der Waals surface area contributed by atoms with E-state index >= 15 is 0 Å². The van der Waals surface area contributed by atoms with E-state index in [0.29, 0.717) is 4.99 Å². The summed E-state index contributed by atoms with van der Waals surface area (Å²) in [5.74, 6) is 0. The number of imidazole rings is 1. The largest absolute Gasteiger partial charge is 0.392 e. The Kier molecular flexibility index (Phi) is 5.10. The van der Waals surface area contributed by atoms with Gasteiger partial charge in [-0.3, -0.25) is 4.90 Å². The number of nitrogens with zero attached hydrogens (tertiary/aromatic N) is 4. The van der Waals surface area contributed by atoms with Crippen LogP contribution in [-0.4, -0.2) is 63.6 Å². The van der Waals surface area contributed by atoms with Crippen LogP contribution in [0.25, 0.3) is 0 Å². The summed E-state index contributed by atoms with van der Waals surface area (Å²) in [6.07, 6.45) is 6.89. The number of nitrogens with two attached hydrogens (primary N) is 1. The summed E-state index contributed by atoms with van der Waals surface area (Å²) in [4.78, 5) is 9.48. The molecule has 1 saturated heterocycles. The van der Waals surface area contributed by atoms with E-state index in [1.165, 1.54) is 6.42 Å². The molecule has 2 rings (SSSR count). The van der Waals surface area contributed by atoms with Gasteiger partial charge in [-0.15, -0.1) is 0 Å². The Balaban J connectivity index is 1.60. The molecule has 1 aromatic heterocycles. The molecule has 5 nitrogen and oxygen atoms in total. The Labute approximate surface area is 114 Å². The molecule has 0 spiro atoms. The highest BCUT2D eigenvalue weighted by atomic mass is 32.1. The molecule has 0 bridgehead atoms. The van der Waals surface area contributed by atoms with Crippen molar-refractivity contribution < 1.29 is 0 Å². The third-order valence-electron chi connectivity index (χ3n) is 3.29. The van der Waals surface area contributed by atoms with Crippen LogP contribution >= 0.6 is 12.2 Å². The van der Waals surface area contributed by atoms with Gasteiger partial charge in [0.25, 0.3) is 0 Å². The summed E-state index contributed by atoms with van der Waals surface area (Å²) >= 11 is 4.94. The lowest BCUT2D eigenvalue weighted by Crippen LogP contribution is -2.48. The average Bonchev–Trinajstić information content (AvgIpc) is 2.84. The molecule has 0 amide bonds. The molecule has 1 aliphatic rings. The van der Waals surface area contributed by atoms with E-state index in [2.05, 4.69) is 19.4 Å². The van der Waals surface area contributed by atoms with Crippen LogP contribution in [0.1, 0.15) is 6.42 Å². The maximum atomic E-state index is 5.56. The van der Waals surface area contributed by atoms with Gasteiger partial charge in [-0.25, -0.2) is 4.98 Å². The molecule has 0 saturated carbocycles. The number of thiocarbonyl (C=S) groups is 1. The summed E-state index contributed by atoms with van der Waals surface area (Å²) in [6, 6.07) is 0. The van der Waals surface area contributed by atoms with Gasteiger partial charge in [-0.1, -0.05) is 12.2 Å². The number of piperazine rings is 1. The lowest BCUT2D eigenvalue weighted by Gasteiger charge is -2.34. The maximum absolute atomic E-state index is 5.56. The molecule has 0 aromatic carbocycles. The summed E-state index contributed by atoms with van der Waals surface area (Å²) in [5.41, 5.74) is 5.56. The van der Waals surface area contributed by atoms with E-state index in [4.69, 9.17) is 18.0 Å². The van der Waals surface area contributed by atoms with Gasteiger partial charge in [-0.05, 0) is 13.0 Å². The van der Waals surface area contributed by atoms with Crippen molar-refractivity contribution in [3.63, 3.8) is 0 Å². The highest BCUT2D eigenvalue weighted by molar-refractivity contribution is 7.80. The molecular weight excluding hydrogens is 246 g/mol. The molecule has 0 aliphatic carbocycles. The van der Waals surface area contributed by atoms with Gasteiger partial charge in [0.2, 0.25) is 0 Å². The standard InChI is InChI=1S/C12H21N5S/c13-12(18)10-16-8-6-15(7-9-16)3-1-4-17-5-2-14-11-17/h2,5,11H,1,3-4,6-10H2,(H2,13,18). The van der Waals surface area contributed by atoms with Crippen LogP contribution in [-0.2, 0) is 6.54 Å². The summed E-state index contributed by atoms with van der Waals surface area (Å²) in [7, 11) is 0. The first-order valence-electron chi connectivity index (χ1n) is 6.43. The molecule has 1 aliphatic heterocycles. The van der Waals surface area contributed by atoms with Crippen LogP contribution in [0.2, 0.25) is 0 Å². The summed E-state index contributed by atoms with van der Waals surface area (Å²) in [5, 5.41) is 0. The second-order valence-corrected chi connectivity index (χ2v) is 5.26. The van der Waals surface area contributed by atoms with E-state index in [9.17, 15) is 0 Å². The SMILES string of the molecule is NC(=S)CN1CCN(CCCn2ccnc2)CC1. The predicted octanol–water partition coefficient (Wildman–Crippen LogP) is 0.177. The lowest BCUT2D eigenvalue weighted by atomic mass is 10.3. The minimum atomic E-state index is 0.601. The van der Waals surface area contributed by atoms with E-state index in [1.54, 1.807) is 0 Å². The van der Waals surface area contributed by atoms with Crippen LogP contribution in [0, 0.1) is 0 Å². The van der Waals surface area contributed by atoms with Gasteiger partial charge in [0.15, 0.2) is 0 Å². The Morgan fingerprint density at radius 3 is 2.50 bits per heavy atom. The van der Waals surface area contributed by atoms with Crippen LogP contribution in [0.4, 0.5) is 0 Å². The van der Waals surface area contributed by atoms with Crippen molar-refractivity contribution in [2.75, 3.05) is 39.3 Å². The second kappa shape index (κ2) is 6.82. The molecule has 1 aromatic rings. The highest BCUT2D eigenvalue weighted by Gasteiger charge is 2.16. The third kappa shape index (κ3) is 4.36. The number of rotatable bonds is 6. The molecular formula is C12H21N5S. The molecule has 100 valence electrons. The molecule has 1 fully saturated rings. The third-order valence-corrected chi connectivity index (χ3v) is 3.42. The summed E-state index contributed by atoms with van der Waals surface area (Å²) < 4.78 is 2.13. The first-order valence-corrected chi connectivity index (χ1v) is 6.83. The van der Waals surface area contributed by atoms with Crippen molar-refractivity contribution in [1.82, 2.24) is 19.4 Å². The summed E-state index contributed by atoms with van der Waals surface area (Å²) in [6.45, 7) is 7.34. The zero-order valence-corrected chi connectivity index (χ0v) is 11.5. The smallest absolute Gasteiger partial charge is 0.0945 e. The average molecular weight is 267 g/mol. The molecule has 0 unspecified atom stereocenters. The van der Waals surface area contributed by atoms with Crippen molar-refractivity contribution in [3.8, 4) is 0 Å². The second-order valence-electron chi connectivity index (χ2n) is 4.74. The van der Waals surface area contributed by atoms with Gasteiger partial charge in [0, 0.05) is 51.7 Å². The van der Waals surface area contributed by atoms with Gasteiger partial charge >= 0.3 is 0 Å². The molecule has 2 N–H and O–H groups in total. The van der Waals surface area contributed by atoms with E-state index < -0.39 is 0 Å². The number of hydrogen-bond acceptors (Lipinski definition) is 4. The monoisotopic (exact) mass is 267 g/mol. The number of aryl methyl sites for hydroxylation is 1. The van der Waals surface area contributed by atoms with Crippen LogP contribution in [0.15, 0.2) is 18.7 Å². The Hall–Kier alpha value is -0.980. The zero-order valence-electron chi connectivity index (χ0n) is 10.7. The van der Waals surface area contributed by atoms with Crippen LogP contribution < -0.4 is 5.73 Å². The fourth-order valence-corrected chi connectivity index (χ4v) is 2.47. The quantitative estimate of drug-likeness (QED) is 0.745. The number of aromatic nitrogens is 2. The molecule has 0 atom stereocenters. The van der Waals surface area contributed by atoms with Crippen LogP contribution in [0.3, 0.4) is 0 Å². The molecule has 6 heteroatoms. The predicted molar refractivity (Wildman–Crippen MR) is 76.5 cm³/mol. The minimum absolute atomic E-state index is 0.601. The van der Waals surface area contributed by atoms with Gasteiger partial charge in [0.05, 0.1) is 11.3 Å². The van der Waals surface area contributed by atoms with E-state index in [-0.39, 0.29) is 0 Å². The lowest BCUT2D eigenvalue weighted by molar-refractivity contribution is 0.143. The normalized spacial score (nSPS) is 18.0. The Morgan fingerprint density at radius 1 is 1.17 bits per heavy atom. The topological polar surface area (TPSA) is 50.3 Å². The maximum Gasteiger partial charge on any atom is 0.0945 e. The Bertz CT molecular complexity index is 357. The van der Waals surface area contributed by atoms with Crippen molar-refractivity contribution in [2.45, 2.75) is 13.0 Å². The molecule has 0 radical (unpaired) electrons. The van der Waals surface area contributed by atoms with Crippen molar-refractivity contribution in [1.29, 1.82) is 0 Å². The number of hydrogen-bond donors (Lipinski definition) is 1. The molecule has 18 heavy (non-hydrogen) atoms. The Morgan fingerprint density at radius 2 is 1.89 bits per heavy atom. The first kappa shape index (κ1) is 13.5. The zero-order chi connectivity index (χ0) is 12.8. The first-order chi connectivity index (χ1) is 8.74. The van der Waals surface area contributed by atoms with Crippen molar-refractivity contribution in [2.24, 2.45) is 5.73 Å². The minimum Gasteiger partial charge on any atom is -0.392 e. The van der Waals surface area contributed by atoms with Crippen LogP contribution in [0.5, 0.6) is 0 Å². The van der Waals surface area contributed by atoms with Crippen molar-refractivity contribution >= 4 is 17.2 Å². The van der Waals surface area contributed by atoms with E-state index in [1.807, 2.05) is 18.7 Å². The fraction of sp³-hybridized carbons (Fsp3) is 0.667. The van der Waals surface area contributed by atoms with E-state index in [0.717, 1.165) is 45.8 Å². The highest BCUT2D eigenvalue weighted by Crippen LogP contribution is 2.03. The molecule has 2 heterocycles. The van der Waals surface area contributed by atoms with Gasteiger partial charge in [0.1, 0.15) is 0 Å².